The van der Waals surface area contributed by atoms with Crippen molar-refractivity contribution in [2.75, 3.05) is 13.2 Å². The number of nitrogens with two attached hydrogens (primary N) is 2. The molecule has 0 spiro atoms. The van der Waals surface area contributed by atoms with Crippen molar-refractivity contribution in [2.45, 2.75) is 62.6 Å². The average Bonchev–Trinajstić information content (AvgIpc) is 2.40. The summed E-state index contributed by atoms with van der Waals surface area (Å²) in [5.41, 5.74) is 11.7. The molecular formula is C15H27N3O2. The Morgan fingerprint density at radius 2 is 1.75 bits per heavy atom. The lowest BCUT2D eigenvalue weighted by Gasteiger charge is -2.46. The molecule has 3 fully saturated rings. The zero-order valence-electron chi connectivity index (χ0n) is 12.1. The molecule has 0 aromatic heterocycles. The molecular weight excluding hydrogens is 254 g/mol. The van der Waals surface area contributed by atoms with Gasteiger partial charge in [0.15, 0.2) is 0 Å². The molecule has 3 aliphatic rings. The fourth-order valence-corrected chi connectivity index (χ4v) is 4.28. The molecule has 5 N–H and O–H groups in total. The summed E-state index contributed by atoms with van der Waals surface area (Å²) in [6.45, 7) is 1.18. The Kier molecular flexibility index (Phi) is 4.02. The minimum Gasteiger partial charge on any atom is -0.381 e. The summed E-state index contributed by atoms with van der Waals surface area (Å²) in [5.74, 6) is 1.12. The Balaban J connectivity index is 1.66. The molecule has 2 atom stereocenters. The van der Waals surface area contributed by atoms with Crippen molar-refractivity contribution >= 4 is 5.91 Å². The number of ether oxygens (including phenoxy) is 1. The van der Waals surface area contributed by atoms with Gasteiger partial charge in [-0.3, -0.25) is 4.79 Å². The van der Waals surface area contributed by atoms with Crippen LogP contribution in [-0.2, 0) is 9.53 Å². The minimum absolute atomic E-state index is 0.0261. The Labute approximate surface area is 120 Å². The van der Waals surface area contributed by atoms with Crippen LogP contribution in [0.3, 0.4) is 0 Å². The smallest absolute Gasteiger partial charge is 0.240 e. The maximum absolute atomic E-state index is 12.6. The van der Waals surface area contributed by atoms with E-state index in [9.17, 15) is 4.79 Å². The van der Waals surface area contributed by atoms with Gasteiger partial charge in [0.05, 0.1) is 5.54 Å². The van der Waals surface area contributed by atoms with E-state index in [2.05, 4.69) is 5.32 Å². The molecule has 3 rings (SSSR count). The molecule has 5 nitrogen and oxygen atoms in total. The number of hydrogen-bond donors (Lipinski definition) is 3. The van der Waals surface area contributed by atoms with Gasteiger partial charge in [-0.1, -0.05) is 6.42 Å². The van der Waals surface area contributed by atoms with Crippen LogP contribution in [0.4, 0.5) is 0 Å². The summed E-state index contributed by atoms with van der Waals surface area (Å²) in [6, 6.07) is 0.604. The maximum atomic E-state index is 12.6. The largest absolute Gasteiger partial charge is 0.381 e. The van der Waals surface area contributed by atoms with Crippen LogP contribution in [0.1, 0.15) is 44.9 Å². The normalized spacial score (nSPS) is 40.1. The highest BCUT2D eigenvalue weighted by atomic mass is 16.5. The van der Waals surface area contributed by atoms with E-state index in [1.165, 1.54) is 19.3 Å². The molecule has 2 aliphatic carbocycles. The van der Waals surface area contributed by atoms with E-state index in [-0.39, 0.29) is 5.91 Å². The third-order valence-electron chi connectivity index (χ3n) is 5.51. The van der Waals surface area contributed by atoms with E-state index in [1.807, 2.05) is 0 Å². The third kappa shape index (κ3) is 2.71. The highest BCUT2D eigenvalue weighted by Crippen LogP contribution is 2.40. The van der Waals surface area contributed by atoms with Gasteiger partial charge in [0, 0.05) is 25.3 Å². The van der Waals surface area contributed by atoms with Crippen molar-refractivity contribution in [1.29, 1.82) is 0 Å². The van der Waals surface area contributed by atoms with Crippen LogP contribution >= 0.6 is 0 Å². The minimum atomic E-state index is -0.730. The second-order valence-corrected chi connectivity index (χ2v) is 6.95. The Morgan fingerprint density at radius 1 is 1.15 bits per heavy atom. The molecule has 1 heterocycles. The molecule has 20 heavy (non-hydrogen) atoms. The fourth-order valence-electron chi connectivity index (χ4n) is 4.28. The van der Waals surface area contributed by atoms with Crippen LogP contribution in [0, 0.1) is 11.8 Å². The molecule has 0 aromatic carbocycles. The number of rotatable bonds is 2. The van der Waals surface area contributed by atoms with Gasteiger partial charge in [-0.15, -0.1) is 0 Å². The van der Waals surface area contributed by atoms with Crippen molar-refractivity contribution in [3.63, 3.8) is 0 Å². The first-order chi connectivity index (χ1) is 9.58. The molecule has 1 saturated heterocycles. The maximum Gasteiger partial charge on any atom is 0.240 e. The molecule has 0 aromatic rings. The van der Waals surface area contributed by atoms with Crippen molar-refractivity contribution in [1.82, 2.24) is 5.32 Å². The second kappa shape index (κ2) is 5.62. The van der Waals surface area contributed by atoms with Crippen LogP contribution in [0.25, 0.3) is 0 Å². The van der Waals surface area contributed by atoms with Gasteiger partial charge in [-0.2, -0.15) is 0 Å². The third-order valence-corrected chi connectivity index (χ3v) is 5.51. The lowest BCUT2D eigenvalue weighted by molar-refractivity contribution is -0.132. The average molecular weight is 281 g/mol. The van der Waals surface area contributed by atoms with E-state index in [1.54, 1.807) is 0 Å². The first-order valence-electron chi connectivity index (χ1n) is 8.02. The van der Waals surface area contributed by atoms with Crippen LogP contribution in [0.5, 0.6) is 0 Å². The highest BCUT2D eigenvalue weighted by molar-refractivity contribution is 5.86. The van der Waals surface area contributed by atoms with Gasteiger partial charge < -0.3 is 21.5 Å². The first-order valence-corrected chi connectivity index (χ1v) is 8.02. The Hall–Kier alpha value is -0.650. The van der Waals surface area contributed by atoms with E-state index in [4.69, 9.17) is 16.2 Å². The summed E-state index contributed by atoms with van der Waals surface area (Å²) in [7, 11) is 0. The van der Waals surface area contributed by atoms with Gasteiger partial charge >= 0.3 is 0 Å². The fraction of sp³-hybridized carbons (Fsp3) is 0.933. The van der Waals surface area contributed by atoms with Gasteiger partial charge in [-0.25, -0.2) is 0 Å². The molecule has 2 bridgehead atoms. The number of hydrogen-bond acceptors (Lipinski definition) is 4. The SMILES string of the molecule is NC1CC2CCCC(C1)C2NC(=O)C1(N)CCOCC1. The van der Waals surface area contributed by atoms with Gasteiger partial charge in [0.1, 0.15) is 0 Å². The molecule has 114 valence electrons. The van der Waals surface area contributed by atoms with E-state index >= 15 is 0 Å². The summed E-state index contributed by atoms with van der Waals surface area (Å²) in [5, 5.41) is 3.28. The molecule has 5 heteroatoms. The summed E-state index contributed by atoms with van der Waals surface area (Å²) in [6.07, 6.45) is 6.99. The van der Waals surface area contributed by atoms with Crippen molar-refractivity contribution in [2.24, 2.45) is 23.3 Å². The zero-order chi connectivity index (χ0) is 14.2. The Bertz CT molecular complexity index is 354. The zero-order valence-corrected chi connectivity index (χ0v) is 12.1. The predicted octanol–water partition coefficient (Wildman–Crippen LogP) is 0.517. The lowest BCUT2D eigenvalue weighted by atomic mass is 9.66. The van der Waals surface area contributed by atoms with Gasteiger partial charge in [0.25, 0.3) is 0 Å². The first kappa shape index (κ1) is 14.3. The lowest BCUT2D eigenvalue weighted by Crippen LogP contribution is -2.62. The molecule has 1 aliphatic heterocycles. The van der Waals surface area contributed by atoms with Crippen molar-refractivity contribution in [3.8, 4) is 0 Å². The summed E-state index contributed by atoms with van der Waals surface area (Å²) < 4.78 is 5.32. The number of carbonyl (C=O) groups excluding carboxylic acids is 1. The van der Waals surface area contributed by atoms with E-state index < -0.39 is 5.54 Å². The quantitative estimate of drug-likeness (QED) is 0.688. The van der Waals surface area contributed by atoms with Crippen LogP contribution in [0.15, 0.2) is 0 Å². The van der Waals surface area contributed by atoms with Crippen LogP contribution in [0.2, 0.25) is 0 Å². The van der Waals surface area contributed by atoms with Gasteiger partial charge in [0.2, 0.25) is 5.91 Å². The topological polar surface area (TPSA) is 90.4 Å². The van der Waals surface area contributed by atoms with Crippen molar-refractivity contribution < 1.29 is 9.53 Å². The van der Waals surface area contributed by atoms with Crippen molar-refractivity contribution in [3.05, 3.63) is 0 Å². The molecule has 2 unspecified atom stereocenters. The monoisotopic (exact) mass is 281 g/mol. The van der Waals surface area contributed by atoms with E-state index in [0.717, 1.165) is 12.8 Å². The Morgan fingerprint density at radius 3 is 2.35 bits per heavy atom. The molecule has 0 radical (unpaired) electrons. The number of nitrogens with one attached hydrogen (secondary N) is 1. The van der Waals surface area contributed by atoms with Crippen LogP contribution < -0.4 is 16.8 Å². The number of amides is 1. The molecule has 2 saturated carbocycles. The van der Waals surface area contributed by atoms with E-state index in [0.29, 0.717) is 50.0 Å². The van der Waals surface area contributed by atoms with Gasteiger partial charge in [-0.05, 0) is 50.4 Å². The summed E-state index contributed by atoms with van der Waals surface area (Å²) >= 11 is 0. The molecule has 1 amide bonds. The predicted molar refractivity (Wildman–Crippen MR) is 76.9 cm³/mol. The van der Waals surface area contributed by atoms with Crippen LogP contribution in [-0.4, -0.2) is 36.7 Å². The second-order valence-electron chi connectivity index (χ2n) is 6.95. The number of fused-ring (bicyclic) bond motifs is 2. The standard InChI is InChI=1S/C15H27N3O2/c16-12-8-10-2-1-3-11(9-12)13(10)18-14(19)15(17)4-6-20-7-5-15/h10-13H,1-9,16-17H2,(H,18,19). The summed E-state index contributed by atoms with van der Waals surface area (Å²) in [4.78, 5) is 12.6. The highest BCUT2D eigenvalue weighted by Gasteiger charge is 2.43. The number of carbonyl (C=O) groups is 1.